The minimum Gasteiger partial charge on any atom is -0.497 e. The summed E-state index contributed by atoms with van der Waals surface area (Å²) in [6, 6.07) is 12.3. The van der Waals surface area contributed by atoms with Crippen LogP contribution in [-0.4, -0.2) is 63.5 Å². The molecule has 1 saturated heterocycles. The van der Waals surface area contributed by atoms with Crippen molar-refractivity contribution in [2.75, 3.05) is 27.6 Å². The first-order valence-corrected chi connectivity index (χ1v) is 13.3. The number of methoxy groups -OCH3 is 2. The van der Waals surface area contributed by atoms with Crippen LogP contribution in [0.1, 0.15) is 53.5 Å². The Hall–Kier alpha value is -3.66. The van der Waals surface area contributed by atoms with Gasteiger partial charge in [0.15, 0.2) is 12.6 Å². The summed E-state index contributed by atoms with van der Waals surface area (Å²) >= 11 is 0. The van der Waals surface area contributed by atoms with Crippen molar-refractivity contribution in [3.63, 3.8) is 0 Å². The number of ether oxygens (including phenoxy) is 6. The first-order chi connectivity index (χ1) is 19.2. The van der Waals surface area contributed by atoms with Crippen LogP contribution in [0, 0.1) is 5.92 Å². The summed E-state index contributed by atoms with van der Waals surface area (Å²) in [5.41, 5.74) is 1.43. The highest BCUT2D eigenvalue weighted by atomic mass is 16.8. The number of carbonyl (C=O) groups excluding carboxylic acids is 2. The molecule has 214 valence electrons. The van der Waals surface area contributed by atoms with Gasteiger partial charge < -0.3 is 33.7 Å². The summed E-state index contributed by atoms with van der Waals surface area (Å²) in [6.45, 7) is 5.95. The van der Waals surface area contributed by atoms with E-state index in [1.54, 1.807) is 43.5 Å². The van der Waals surface area contributed by atoms with Gasteiger partial charge in [-0.15, -0.1) is 0 Å². The summed E-state index contributed by atoms with van der Waals surface area (Å²) in [5.74, 6) is -0.831. The summed E-state index contributed by atoms with van der Waals surface area (Å²) < 4.78 is 34.8. The topological polar surface area (TPSA) is 102 Å². The maximum absolute atomic E-state index is 13.4. The van der Waals surface area contributed by atoms with E-state index in [4.69, 9.17) is 28.4 Å². The van der Waals surface area contributed by atoms with Gasteiger partial charge in [0, 0.05) is 19.7 Å². The molecule has 1 fully saturated rings. The van der Waals surface area contributed by atoms with Crippen molar-refractivity contribution in [1.82, 2.24) is 5.32 Å². The molecule has 1 amide bonds. The van der Waals surface area contributed by atoms with E-state index in [0.717, 1.165) is 0 Å². The number of esters is 1. The van der Waals surface area contributed by atoms with Gasteiger partial charge in [-0.3, -0.25) is 4.79 Å². The number of hydrogen-bond donors (Lipinski definition) is 1. The average Bonchev–Trinajstić information content (AvgIpc) is 3.26. The van der Waals surface area contributed by atoms with Gasteiger partial charge in [-0.25, -0.2) is 4.79 Å². The van der Waals surface area contributed by atoms with E-state index in [1.807, 2.05) is 51.1 Å². The molecular weight excluding hydrogens is 514 g/mol. The molecule has 2 aromatic rings. The SMILES string of the molecule is COCOc1cc(OC)cc2c1C(=O)NC[C@H](C)/C=C\C(OC(=O)c1ccccc1)[C@H]1OC(C)(C)O[C@H]1CC=C2. The molecule has 0 spiro atoms. The molecule has 0 bridgehead atoms. The van der Waals surface area contributed by atoms with Gasteiger partial charge in [-0.2, -0.15) is 0 Å². The Morgan fingerprint density at radius 2 is 1.88 bits per heavy atom. The minimum atomic E-state index is -0.881. The average molecular weight is 552 g/mol. The lowest BCUT2D eigenvalue weighted by molar-refractivity contribution is -0.152. The van der Waals surface area contributed by atoms with Crippen LogP contribution in [0.15, 0.2) is 60.7 Å². The largest absolute Gasteiger partial charge is 0.497 e. The lowest BCUT2D eigenvalue weighted by Crippen LogP contribution is -2.38. The maximum Gasteiger partial charge on any atom is 0.338 e. The fourth-order valence-corrected chi connectivity index (χ4v) is 4.68. The molecular formula is C31H37NO8. The van der Waals surface area contributed by atoms with Crippen LogP contribution >= 0.6 is 0 Å². The molecule has 2 heterocycles. The normalized spacial score (nSPS) is 25.1. The zero-order chi connectivity index (χ0) is 28.7. The Bertz CT molecular complexity index is 1240. The van der Waals surface area contributed by atoms with Gasteiger partial charge in [0.05, 0.1) is 24.3 Å². The standard InChI is InChI=1S/C31H37NO8/c1-20-14-15-24(38-30(34)21-10-7-6-8-11-21)28-25(39-31(2,3)40-28)13-9-12-22-16-23(36-5)17-26(37-19-35-4)27(22)29(33)32-18-20/h6-12,14-17,20,24-25,28H,13,18-19H2,1-5H3,(H,32,33)/b12-9?,15-14-/t20-,24?,25+,28-/m1/s1. The second kappa shape index (κ2) is 13.1. The van der Waals surface area contributed by atoms with Gasteiger partial charge in [0.25, 0.3) is 5.91 Å². The minimum absolute atomic E-state index is 0.0250. The lowest BCUT2D eigenvalue weighted by atomic mass is 9.99. The van der Waals surface area contributed by atoms with Crippen molar-refractivity contribution in [1.29, 1.82) is 0 Å². The molecule has 1 N–H and O–H groups in total. The molecule has 0 radical (unpaired) electrons. The van der Waals surface area contributed by atoms with Gasteiger partial charge in [0.1, 0.15) is 23.7 Å². The Labute approximate surface area is 235 Å². The number of fused-ring (bicyclic) bond motifs is 2. The van der Waals surface area contributed by atoms with E-state index in [-0.39, 0.29) is 18.6 Å². The molecule has 2 aromatic carbocycles. The van der Waals surface area contributed by atoms with Gasteiger partial charge in [0.2, 0.25) is 0 Å². The Morgan fingerprint density at radius 1 is 1.10 bits per heavy atom. The second-order valence-electron chi connectivity index (χ2n) is 10.2. The molecule has 40 heavy (non-hydrogen) atoms. The van der Waals surface area contributed by atoms with Crippen molar-refractivity contribution in [2.45, 2.75) is 51.3 Å². The number of hydrogen-bond acceptors (Lipinski definition) is 8. The van der Waals surface area contributed by atoms with Crippen molar-refractivity contribution < 1.29 is 38.0 Å². The Balaban J connectivity index is 1.70. The predicted octanol–water partition coefficient (Wildman–Crippen LogP) is 4.76. The Kier molecular flexibility index (Phi) is 9.63. The second-order valence-corrected chi connectivity index (χ2v) is 10.2. The van der Waals surface area contributed by atoms with E-state index >= 15 is 0 Å². The number of nitrogens with one attached hydrogen (secondary N) is 1. The van der Waals surface area contributed by atoms with E-state index in [0.29, 0.717) is 41.2 Å². The van der Waals surface area contributed by atoms with Crippen LogP contribution in [-0.2, 0) is 18.9 Å². The summed E-state index contributed by atoms with van der Waals surface area (Å²) in [4.78, 5) is 26.4. The third kappa shape index (κ3) is 7.29. The highest BCUT2D eigenvalue weighted by Gasteiger charge is 2.45. The number of amides is 1. The predicted molar refractivity (Wildman–Crippen MR) is 149 cm³/mol. The molecule has 9 nitrogen and oxygen atoms in total. The van der Waals surface area contributed by atoms with Crippen molar-refractivity contribution in [3.8, 4) is 11.5 Å². The zero-order valence-corrected chi connectivity index (χ0v) is 23.5. The van der Waals surface area contributed by atoms with Crippen LogP contribution in [0.25, 0.3) is 6.08 Å². The van der Waals surface area contributed by atoms with Crippen LogP contribution in [0.5, 0.6) is 11.5 Å². The number of carbonyl (C=O) groups is 2. The molecule has 1 unspecified atom stereocenters. The third-order valence-electron chi connectivity index (χ3n) is 6.58. The molecule has 0 saturated carbocycles. The van der Waals surface area contributed by atoms with Gasteiger partial charge >= 0.3 is 5.97 Å². The van der Waals surface area contributed by atoms with Crippen molar-refractivity contribution in [2.24, 2.45) is 5.92 Å². The van der Waals surface area contributed by atoms with E-state index in [1.165, 1.54) is 7.11 Å². The smallest absolute Gasteiger partial charge is 0.338 e. The van der Waals surface area contributed by atoms with Crippen LogP contribution in [0.4, 0.5) is 0 Å². The molecule has 9 heteroatoms. The highest BCUT2D eigenvalue weighted by Crippen LogP contribution is 2.35. The van der Waals surface area contributed by atoms with E-state index in [9.17, 15) is 9.59 Å². The molecule has 4 rings (SSSR count). The van der Waals surface area contributed by atoms with Crippen molar-refractivity contribution in [3.05, 3.63) is 77.4 Å². The molecule has 4 atom stereocenters. The van der Waals surface area contributed by atoms with Crippen LogP contribution in [0.2, 0.25) is 0 Å². The zero-order valence-electron chi connectivity index (χ0n) is 23.5. The van der Waals surface area contributed by atoms with Crippen LogP contribution < -0.4 is 14.8 Å². The monoisotopic (exact) mass is 551 g/mol. The number of benzene rings is 2. The van der Waals surface area contributed by atoms with Gasteiger partial charge in [-0.05, 0) is 56.0 Å². The van der Waals surface area contributed by atoms with Crippen LogP contribution in [0.3, 0.4) is 0 Å². The van der Waals surface area contributed by atoms with Crippen molar-refractivity contribution >= 4 is 18.0 Å². The lowest BCUT2D eigenvalue weighted by Gasteiger charge is -2.25. The summed E-state index contributed by atoms with van der Waals surface area (Å²) in [7, 11) is 3.06. The molecule has 2 aliphatic rings. The summed E-state index contributed by atoms with van der Waals surface area (Å²) in [6.07, 6.45) is 6.21. The van der Waals surface area contributed by atoms with E-state index in [2.05, 4.69) is 5.32 Å². The number of rotatable bonds is 6. The maximum atomic E-state index is 13.4. The third-order valence-corrected chi connectivity index (χ3v) is 6.58. The van der Waals surface area contributed by atoms with Gasteiger partial charge in [-0.1, -0.05) is 43.4 Å². The first-order valence-electron chi connectivity index (χ1n) is 13.3. The molecule has 0 aromatic heterocycles. The Morgan fingerprint density at radius 3 is 2.60 bits per heavy atom. The molecule has 0 aliphatic carbocycles. The van der Waals surface area contributed by atoms with E-state index < -0.39 is 30.1 Å². The highest BCUT2D eigenvalue weighted by molar-refractivity contribution is 6.01. The fraction of sp³-hybridized carbons (Fsp3) is 0.419. The summed E-state index contributed by atoms with van der Waals surface area (Å²) in [5, 5.41) is 2.99. The first kappa shape index (κ1) is 29.3. The fourth-order valence-electron chi connectivity index (χ4n) is 4.68. The quantitative estimate of drug-likeness (QED) is 0.312. The molecule has 2 aliphatic heterocycles.